The molecular formula is C46H40N2. The Labute approximate surface area is 285 Å². The van der Waals surface area contributed by atoms with Crippen LogP contribution in [-0.2, 0) is 0 Å². The fourth-order valence-corrected chi connectivity index (χ4v) is 6.42. The van der Waals surface area contributed by atoms with Gasteiger partial charge in [-0.3, -0.25) is 0 Å². The summed E-state index contributed by atoms with van der Waals surface area (Å²) in [4.78, 5) is 4.68. The van der Waals surface area contributed by atoms with Crippen molar-refractivity contribution in [2.45, 2.75) is 27.7 Å². The van der Waals surface area contributed by atoms with Crippen molar-refractivity contribution < 1.29 is 0 Å². The Kier molecular flexibility index (Phi) is 8.64. The average molecular weight is 621 g/mol. The molecule has 0 radical (unpaired) electrons. The van der Waals surface area contributed by atoms with E-state index in [0.29, 0.717) is 0 Å². The molecule has 0 heterocycles. The second kappa shape index (κ2) is 13.5. The first-order valence-corrected chi connectivity index (χ1v) is 16.6. The summed E-state index contributed by atoms with van der Waals surface area (Å²) in [6.45, 7) is 8.67. The molecule has 0 spiro atoms. The van der Waals surface area contributed by atoms with Gasteiger partial charge < -0.3 is 9.80 Å². The molecule has 7 rings (SSSR count). The first-order valence-electron chi connectivity index (χ1n) is 16.6. The number of benzene rings is 7. The lowest BCUT2D eigenvalue weighted by molar-refractivity contribution is 1.24. The van der Waals surface area contributed by atoms with E-state index in [1.165, 1.54) is 55.9 Å². The number of hydrogen-bond donors (Lipinski definition) is 0. The summed E-state index contributed by atoms with van der Waals surface area (Å²) in [5.74, 6) is 0. The van der Waals surface area contributed by atoms with E-state index < -0.39 is 0 Å². The molecule has 0 bridgehead atoms. The molecule has 0 fully saturated rings. The topological polar surface area (TPSA) is 6.48 Å². The second-order valence-corrected chi connectivity index (χ2v) is 12.6. The number of anilines is 6. The molecule has 0 aliphatic carbocycles. The maximum absolute atomic E-state index is 2.34. The third kappa shape index (κ3) is 6.38. The summed E-state index contributed by atoms with van der Waals surface area (Å²) >= 11 is 0. The summed E-state index contributed by atoms with van der Waals surface area (Å²) in [6, 6.07) is 61.2. The largest absolute Gasteiger partial charge is 0.310 e. The van der Waals surface area contributed by atoms with E-state index in [1.807, 2.05) is 0 Å². The zero-order valence-electron chi connectivity index (χ0n) is 28.1. The van der Waals surface area contributed by atoms with Crippen LogP contribution >= 0.6 is 0 Å². The molecule has 0 N–H and O–H groups in total. The van der Waals surface area contributed by atoms with Gasteiger partial charge in [0, 0.05) is 34.1 Å². The van der Waals surface area contributed by atoms with Crippen molar-refractivity contribution >= 4 is 34.1 Å². The number of nitrogens with zero attached hydrogens (tertiary/aromatic N) is 2. The van der Waals surface area contributed by atoms with Crippen LogP contribution < -0.4 is 9.80 Å². The van der Waals surface area contributed by atoms with Gasteiger partial charge in [-0.15, -0.1) is 0 Å². The molecule has 0 aliphatic heterocycles. The predicted molar refractivity (Wildman–Crippen MR) is 206 cm³/mol. The normalized spacial score (nSPS) is 10.9. The van der Waals surface area contributed by atoms with Crippen LogP contribution in [0.3, 0.4) is 0 Å². The van der Waals surface area contributed by atoms with Crippen LogP contribution in [-0.4, -0.2) is 0 Å². The Balaban J connectivity index is 1.17. The van der Waals surface area contributed by atoms with E-state index in [-0.39, 0.29) is 0 Å². The summed E-state index contributed by atoms with van der Waals surface area (Å²) in [5.41, 5.74) is 16.7. The molecule has 234 valence electrons. The van der Waals surface area contributed by atoms with Crippen molar-refractivity contribution in [2.24, 2.45) is 0 Å². The molecule has 2 heteroatoms. The maximum atomic E-state index is 2.34. The van der Waals surface area contributed by atoms with Crippen molar-refractivity contribution in [3.63, 3.8) is 0 Å². The van der Waals surface area contributed by atoms with Crippen LogP contribution in [0, 0.1) is 27.7 Å². The van der Waals surface area contributed by atoms with Gasteiger partial charge in [-0.25, -0.2) is 0 Å². The second-order valence-electron chi connectivity index (χ2n) is 12.6. The predicted octanol–water partition coefficient (Wildman–Crippen LogP) is 13.2. The quantitative estimate of drug-likeness (QED) is 0.167. The highest BCUT2D eigenvalue weighted by molar-refractivity contribution is 5.83. The van der Waals surface area contributed by atoms with Crippen molar-refractivity contribution in [1.82, 2.24) is 0 Å². The molecule has 2 nitrogen and oxygen atoms in total. The minimum absolute atomic E-state index is 1.15. The first kappa shape index (κ1) is 30.8. The minimum atomic E-state index is 1.15. The Morgan fingerprint density at radius 1 is 0.292 bits per heavy atom. The maximum Gasteiger partial charge on any atom is 0.0491 e. The van der Waals surface area contributed by atoms with E-state index >= 15 is 0 Å². The highest BCUT2D eigenvalue weighted by Gasteiger charge is 2.17. The van der Waals surface area contributed by atoms with Crippen molar-refractivity contribution in [3.8, 4) is 22.3 Å². The standard InChI is InChI=1S/C46H40N2/c1-33-15-25-43(26-16-33)47(41-11-7-5-8-12-41)45-29-23-39(31-35(45)3)37-19-21-38(22-20-37)40-24-30-46(36(4)32-40)48(42-13-9-6-10-14-42)44-27-17-34(2)18-28-44/h5-32H,1-4H3. The fourth-order valence-electron chi connectivity index (χ4n) is 6.42. The van der Waals surface area contributed by atoms with Gasteiger partial charge >= 0.3 is 0 Å². The summed E-state index contributed by atoms with van der Waals surface area (Å²) in [7, 11) is 0. The fraction of sp³-hybridized carbons (Fsp3) is 0.0870. The molecule has 0 aliphatic rings. The van der Waals surface area contributed by atoms with Crippen LogP contribution in [0.4, 0.5) is 34.1 Å². The Morgan fingerprint density at radius 2 is 0.604 bits per heavy atom. The zero-order chi connectivity index (χ0) is 33.0. The number of rotatable bonds is 8. The third-order valence-corrected chi connectivity index (χ3v) is 9.04. The lowest BCUT2D eigenvalue weighted by Gasteiger charge is -2.27. The van der Waals surface area contributed by atoms with Gasteiger partial charge in [0.05, 0.1) is 0 Å². The molecule has 0 atom stereocenters. The number of aryl methyl sites for hydroxylation is 4. The summed E-state index contributed by atoms with van der Waals surface area (Å²) < 4.78 is 0. The molecule has 0 aromatic heterocycles. The van der Waals surface area contributed by atoms with E-state index in [0.717, 1.165) is 22.7 Å². The molecule has 0 saturated heterocycles. The molecule has 7 aromatic rings. The lowest BCUT2D eigenvalue weighted by atomic mass is 9.97. The molecule has 0 unspecified atom stereocenters. The van der Waals surface area contributed by atoms with Crippen LogP contribution in [0.15, 0.2) is 170 Å². The Morgan fingerprint density at radius 3 is 0.938 bits per heavy atom. The minimum Gasteiger partial charge on any atom is -0.310 e. The average Bonchev–Trinajstić information content (AvgIpc) is 3.12. The zero-order valence-corrected chi connectivity index (χ0v) is 28.1. The van der Waals surface area contributed by atoms with Crippen molar-refractivity contribution in [3.05, 3.63) is 192 Å². The van der Waals surface area contributed by atoms with E-state index in [4.69, 9.17) is 0 Å². The molecule has 0 saturated carbocycles. The molecule has 7 aromatic carbocycles. The summed E-state index contributed by atoms with van der Waals surface area (Å²) in [5, 5.41) is 0. The van der Waals surface area contributed by atoms with Gasteiger partial charge in [0.15, 0.2) is 0 Å². The SMILES string of the molecule is Cc1ccc(N(c2ccccc2)c2ccc(-c3ccc(-c4ccc(N(c5ccccc5)c5ccc(C)cc5)c(C)c4)cc3)cc2C)cc1. The van der Waals surface area contributed by atoms with Gasteiger partial charge in [0.25, 0.3) is 0 Å². The summed E-state index contributed by atoms with van der Waals surface area (Å²) in [6.07, 6.45) is 0. The van der Waals surface area contributed by atoms with Gasteiger partial charge in [-0.2, -0.15) is 0 Å². The Hall–Kier alpha value is -5.86. The van der Waals surface area contributed by atoms with E-state index in [9.17, 15) is 0 Å². The number of para-hydroxylation sites is 2. The van der Waals surface area contributed by atoms with Crippen LogP contribution in [0.1, 0.15) is 22.3 Å². The highest BCUT2D eigenvalue weighted by Crippen LogP contribution is 2.40. The van der Waals surface area contributed by atoms with Gasteiger partial charge in [-0.1, -0.05) is 108 Å². The van der Waals surface area contributed by atoms with Crippen LogP contribution in [0.25, 0.3) is 22.3 Å². The van der Waals surface area contributed by atoms with Crippen molar-refractivity contribution in [2.75, 3.05) is 9.80 Å². The van der Waals surface area contributed by atoms with Gasteiger partial charge in [-0.05, 0) is 134 Å². The first-order chi connectivity index (χ1) is 23.4. The van der Waals surface area contributed by atoms with Crippen LogP contribution in [0.5, 0.6) is 0 Å². The van der Waals surface area contributed by atoms with Crippen LogP contribution in [0.2, 0.25) is 0 Å². The molecular weight excluding hydrogens is 581 g/mol. The van der Waals surface area contributed by atoms with E-state index in [2.05, 4.69) is 207 Å². The Bertz CT molecular complexity index is 1970. The van der Waals surface area contributed by atoms with Crippen molar-refractivity contribution in [1.29, 1.82) is 0 Å². The van der Waals surface area contributed by atoms with Gasteiger partial charge in [0.2, 0.25) is 0 Å². The van der Waals surface area contributed by atoms with E-state index in [1.54, 1.807) is 0 Å². The number of hydrogen-bond acceptors (Lipinski definition) is 2. The highest BCUT2D eigenvalue weighted by atomic mass is 15.1. The molecule has 48 heavy (non-hydrogen) atoms. The van der Waals surface area contributed by atoms with Gasteiger partial charge in [0.1, 0.15) is 0 Å². The third-order valence-electron chi connectivity index (χ3n) is 9.04. The lowest BCUT2D eigenvalue weighted by Crippen LogP contribution is -2.11. The monoisotopic (exact) mass is 620 g/mol. The molecule has 0 amide bonds. The smallest absolute Gasteiger partial charge is 0.0491 e.